The molecule has 2 aromatic carbocycles. The number of hydrogen-bond acceptors (Lipinski definition) is 3. The van der Waals surface area contributed by atoms with Crippen molar-refractivity contribution in [3.8, 4) is 5.75 Å². The number of benzene rings is 2. The quantitative estimate of drug-likeness (QED) is 0.701. The van der Waals surface area contributed by atoms with Crippen LogP contribution in [0.25, 0.3) is 0 Å². The number of methoxy groups -OCH3 is 1. The van der Waals surface area contributed by atoms with Crippen LogP contribution in [0, 0.1) is 6.92 Å². The molecule has 0 saturated heterocycles. The maximum Gasteiger partial charge on any atom is 0.258 e. The Morgan fingerprint density at radius 2 is 1.76 bits per heavy atom. The van der Waals surface area contributed by atoms with E-state index in [9.17, 15) is 4.79 Å². The first kappa shape index (κ1) is 16.7. The van der Waals surface area contributed by atoms with Crippen LogP contribution in [-0.4, -0.2) is 18.0 Å². The maximum atomic E-state index is 13.2. The molecule has 126 valence electrons. The summed E-state index contributed by atoms with van der Waals surface area (Å²) in [7, 11) is 1.64. The number of anilines is 1. The van der Waals surface area contributed by atoms with Crippen LogP contribution in [0.5, 0.6) is 5.75 Å². The number of amides is 1. The van der Waals surface area contributed by atoms with Gasteiger partial charge in [0.1, 0.15) is 5.75 Å². The topological polar surface area (TPSA) is 42.4 Å². The molecule has 1 amide bonds. The number of aryl methyl sites for hydroxylation is 1. The Hall–Kier alpha value is -3.14. The van der Waals surface area contributed by atoms with Crippen molar-refractivity contribution in [2.75, 3.05) is 12.0 Å². The molecule has 0 aliphatic heterocycles. The van der Waals surface area contributed by atoms with Crippen molar-refractivity contribution in [2.24, 2.45) is 0 Å². The average Bonchev–Trinajstić information content (AvgIpc) is 2.67. The highest BCUT2D eigenvalue weighted by Crippen LogP contribution is 2.25. The van der Waals surface area contributed by atoms with E-state index in [4.69, 9.17) is 4.74 Å². The molecule has 0 aliphatic carbocycles. The van der Waals surface area contributed by atoms with Gasteiger partial charge in [-0.05, 0) is 36.8 Å². The van der Waals surface area contributed by atoms with E-state index in [0.717, 1.165) is 22.6 Å². The average molecular weight is 332 g/mol. The summed E-state index contributed by atoms with van der Waals surface area (Å²) in [5, 5.41) is 0. The number of ether oxygens (including phenoxy) is 1. The molecule has 3 aromatic rings. The third-order valence-corrected chi connectivity index (χ3v) is 4.08. The van der Waals surface area contributed by atoms with E-state index in [1.165, 1.54) is 0 Å². The smallest absolute Gasteiger partial charge is 0.258 e. The first-order valence-corrected chi connectivity index (χ1v) is 8.10. The Kier molecular flexibility index (Phi) is 5.09. The number of hydrogen-bond donors (Lipinski definition) is 0. The van der Waals surface area contributed by atoms with Gasteiger partial charge >= 0.3 is 0 Å². The highest BCUT2D eigenvalue weighted by atomic mass is 16.5. The van der Waals surface area contributed by atoms with Gasteiger partial charge in [0.2, 0.25) is 0 Å². The monoisotopic (exact) mass is 332 g/mol. The lowest BCUT2D eigenvalue weighted by atomic mass is 10.1. The molecule has 0 atom stereocenters. The second kappa shape index (κ2) is 7.62. The Morgan fingerprint density at radius 1 is 1.04 bits per heavy atom. The van der Waals surface area contributed by atoms with Gasteiger partial charge in [-0.15, -0.1) is 0 Å². The first-order chi connectivity index (χ1) is 12.2. The normalized spacial score (nSPS) is 10.3. The number of carbonyl (C=O) groups is 1. The minimum Gasteiger partial charge on any atom is -0.496 e. The first-order valence-electron chi connectivity index (χ1n) is 8.10. The minimum atomic E-state index is -0.0583. The molecule has 0 unspecified atom stereocenters. The van der Waals surface area contributed by atoms with Gasteiger partial charge in [-0.25, -0.2) is 0 Å². The third-order valence-electron chi connectivity index (χ3n) is 4.08. The molecule has 0 bridgehead atoms. The van der Waals surface area contributed by atoms with Crippen LogP contribution in [0.4, 0.5) is 5.69 Å². The molecular weight excluding hydrogens is 312 g/mol. The van der Waals surface area contributed by atoms with Crippen molar-refractivity contribution in [1.82, 2.24) is 4.98 Å². The van der Waals surface area contributed by atoms with E-state index in [0.29, 0.717) is 12.1 Å². The van der Waals surface area contributed by atoms with Gasteiger partial charge in [-0.1, -0.05) is 36.4 Å². The lowest BCUT2D eigenvalue weighted by Gasteiger charge is -2.24. The van der Waals surface area contributed by atoms with Crippen LogP contribution in [0.15, 0.2) is 73.1 Å². The van der Waals surface area contributed by atoms with Crippen LogP contribution in [0.2, 0.25) is 0 Å². The van der Waals surface area contributed by atoms with Gasteiger partial charge in [0.25, 0.3) is 5.91 Å². The lowest BCUT2D eigenvalue weighted by molar-refractivity contribution is 0.0984. The zero-order valence-electron chi connectivity index (χ0n) is 14.3. The molecule has 0 saturated carbocycles. The summed E-state index contributed by atoms with van der Waals surface area (Å²) in [4.78, 5) is 19.1. The van der Waals surface area contributed by atoms with E-state index in [-0.39, 0.29) is 5.91 Å². The Morgan fingerprint density at radius 3 is 2.48 bits per heavy atom. The fourth-order valence-electron chi connectivity index (χ4n) is 2.75. The Labute approximate surface area is 147 Å². The molecule has 4 heteroatoms. The summed E-state index contributed by atoms with van der Waals surface area (Å²) in [5.41, 5.74) is 3.30. The number of rotatable bonds is 5. The van der Waals surface area contributed by atoms with E-state index in [1.54, 1.807) is 30.5 Å². The van der Waals surface area contributed by atoms with Gasteiger partial charge in [0.05, 0.1) is 13.7 Å². The van der Waals surface area contributed by atoms with Crippen molar-refractivity contribution in [2.45, 2.75) is 13.5 Å². The largest absolute Gasteiger partial charge is 0.496 e. The Balaban J connectivity index is 2.02. The summed E-state index contributed by atoms with van der Waals surface area (Å²) < 4.78 is 5.44. The van der Waals surface area contributed by atoms with Crippen LogP contribution in [-0.2, 0) is 6.54 Å². The predicted octanol–water partition coefficient (Wildman–Crippen LogP) is 4.25. The van der Waals surface area contributed by atoms with Crippen molar-refractivity contribution in [1.29, 1.82) is 0 Å². The molecule has 0 spiro atoms. The van der Waals surface area contributed by atoms with Crippen molar-refractivity contribution < 1.29 is 9.53 Å². The van der Waals surface area contributed by atoms with E-state index in [2.05, 4.69) is 4.98 Å². The number of aromatic nitrogens is 1. The van der Waals surface area contributed by atoms with Gasteiger partial charge < -0.3 is 9.64 Å². The number of nitrogens with zero attached hydrogens (tertiary/aromatic N) is 2. The maximum absolute atomic E-state index is 13.2. The van der Waals surface area contributed by atoms with E-state index in [1.807, 2.05) is 61.5 Å². The predicted molar refractivity (Wildman–Crippen MR) is 98.9 cm³/mol. The minimum absolute atomic E-state index is 0.0583. The zero-order chi connectivity index (χ0) is 17.6. The molecule has 25 heavy (non-hydrogen) atoms. The second-order valence-corrected chi connectivity index (χ2v) is 5.73. The molecule has 0 fully saturated rings. The Bertz CT molecular complexity index is 863. The zero-order valence-corrected chi connectivity index (χ0v) is 14.3. The fourth-order valence-corrected chi connectivity index (χ4v) is 2.75. The summed E-state index contributed by atoms with van der Waals surface area (Å²) in [6.45, 7) is 2.32. The summed E-state index contributed by atoms with van der Waals surface area (Å²) in [5.74, 6) is 0.708. The van der Waals surface area contributed by atoms with Crippen molar-refractivity contribution in [3.05, 3.63) is 89.7 Å². The molecule has 3 rings (SSSR count). The highest BCUT2D eigenvalue weighted by molar-refractivity contribution is 6.06. The lowest BCUT2D eigenvalue weighted by Crippen LogP contribution is -2.31. The van der Waals surface area contributed by atoms with Gasteiger partial charge in [0.15, 0.2) is 0 Å². The van der Waals surface area contributed by atoms with E-state index >= 15 is 0 Å². The van der Waals surface area contributed by atoms with Crippen LogP contribution in [0.1, 0.15) is 21.5 Å². The summed E-state index contributed by atoms with van der Waals surface area (Å²) >= 11 is 0. The van der Waals surface area contributed by atoms with Crippen molar-refractivity contribution in [3.63, 3.8) is 0 Å². The van der Waals surface area contributed by atoms with E-state index < -0.39 is 0 Å². The molecule has 1 heterocycles. The molecule has 0 N–H and O–H groups in total. The molecular formula is C21H20N2O2. The van der Waals surface area contributed by atoms with Gasteiger partial charge in [0, 0.05) is 29.2 Å². The molecule has 0 radical (unpaired) electrons. The number of carbonyl (C=O) groups excluding carboxylic acids is 1. The fraction of sp³-hybridized carbons (Fsp3) is 0.143. The summed E-state index contributed by atoms with van der Waals surface area (Å²) in [6, 6.07) is 19.2. The SMILES string of the molecule is COc1ccccc1CN(C(=O)c1ccncc1C)c1ccccc1. The highest BCUT2D eigenvalue weighted by Gasteiger charge is 2.20. The summed E-state index contributed by atoms with van der Waals surface area (Å²) in [6.07, 6.45) is 3.35. The third kappa shape index (κ3) is 3.69. The number of pyridine rings is 1. The van der Waals surface area contributed by atoms with Gasteiger partial charge in [-0.2, -0.15) is 0 Å². The van der Waals surface area contributed by atoms with Crippen LogP contribution in [0.3, 0.4) is 0 Å². The van der Waals surface area contributed by atoms with Crippen LogP contribution < -0.4 is 9.64 Å². The molecule has 4 nitrogen and oxygen atoms in total. The van der Waals surface area contributed by atoms with Gasteiger partial charge in [-0.3, -0.25) is 9.78 Å². The number of para-hydroxylation sites is 2. The van der Waals surface area contributed by atoms with Crippen molar-refractivity contribution >= 4 is 11.6 Å². The standard InChI is InChI=1S/C21H20N2O2/c1-16-14-22-13-12-19(16)21(24)23(18-9-4-3-5-10-18)15-17-8-6-7-11-20(17)25-2/h3-14H,15H2,1-2H3. The molecule has 0 aliphatic rings. The molecule has 1 aromatic heterocycles. The second-order valence-electron chi connectivity index (χ2n) is 5.73. The van der Waals surface area contributed by atoms with Crippen LogP contribution >= 0.6 is 0 Å².